The zero-order valence-electron chi connectivity index (χ0n) is 14.5. The van der Waals surface area contributed by atoms with Crippen molar-refractivity contribution in [1.82, 2.24) is 19.5 Å². The van der Waals surface area contributed by atoms with Crippen LogP contribution >= 0.6 is 11.6 Å². The van der Waals surface area contributed by atoms with E-state index in [2.05, 4.69) is 31.7 Å². The molecular weight excluding hydrogens is 352 g/mol. The molecule has 0 amide bonds. The summed E-state index contributed by atoms with van der Waals surface area (Å²) in [5.41, 5.74) is 2.06. The lowest BCUT2D eigenvalue weighted by Crippen LogP contribution is -2.27. The second-order valence-electron chi connectivity index (χ2n) is 7.38. The first-order chi connectivity index (χ1) is 12.5. The predicted octanol–water partition coefficient (Wildman–Crippen LogP) is 3.73. The quantitative estimate of drug-likeness (QED) is 0.643. The topological polar surface area (TPSA) is 62.1 Å². The van der Waals surface area contributed by atoms with Crippen LogP contribution in [0.1, 0.15) is 37.8 Å². The lowest BCUT2D eigenvalue weighted by Gasteiger charge is -2.24. The van der Waals surface area contributed by atoms with Crippen LogP contribution in [0.15, 0.2) is 43.1 Å². The maximum Gasteiger partial charge on any atom is 0.163 e. The number of hydrogen-bond acceptors (Lipinski definition) is 5. The second kappa shape index (κ2) is 5.74. The summed E-state index contributed by atoms with van der Waals surface area (Å²) in [5, 5.41) is 1.33. The molecule has 1 saturated heterocycles. The maximum atomic E-state index is 6.30. The summed E-state index contributed by atoms with van der Waals surface area (Å²) in [6.45, 7) is 3.94. The van der Waals surface area contributed by atoms with E-state index in [1.807, 2.05) is 38.5 Å². The van der Waals surface area contributed by atoms with Crippen molar-refractivity contribution in [2.75, 3.05) is 0 Å². The summed E-state index contributed by atoms with van der Waals surface area (Å²) in [4.78, 5) is 12.7. The molecule has 2 fully saturated rings. The monoisotopic (exact) mass is 370 g/mol. The number of ether oxygens (including phenoxy) is 2. The van der Waals surface area contributed by atoms with Gasteiger partial charge in [0.25, 0.3) is 0 Å². The first-order valence-electron chi connectivity index (χ1n) is 8.76. The standard InChI is InChI=1S/C19H19ClN4O2/c1-19(2)25-15-13(11-3-6-21-7-4-11)9-14(16(15)26-19)24-8-5-12-17(20)22-10-23-18(12)24/h3-8,10,13-16H,9H2,1-2H3/t13-,14-,15-,16+/m1/s1. The smallest absolute Gasteiger partial charge is 0.163 e. The van der Waals surface area contributed by atoms with E-state index in [1.165, 1.54) is 11.9 Å². The molecule has 5 rings (SSSR count). The van der Waals surface area contributed by atoms with E-state index in [9.17, 15) is 0 Å². The molecule has 0 unspecified atom stereocenters. The van der Waals surface area contributed by atoms with Gasteiger partial charge in [-0.2, -0.15) is 0 Å². The molecule has 0 radical (unpaired) electrons. The molecule has 6 nitrogen and oxygen atoms in total. The highest BCUT2D eigenvalue weighted by atomic mass is 35.5. The van der Waals surface area contributed by atoms with Crippen LogP contribution in [-0.4, -0.2) is 37.5 Å². The first kappa shape index (κ1) is 16.2. The van der Waals surface area contributed by atoms with Crippen LogP contribution in [0.2, 0.25) is 5.15 Å². The molecule has 1 aliphatic heterocycles. The lowest BCUT2D eigenvalue weighted by molar-refractivity contribution is -0.157. The van der Waals surface area contributed by atoms with E-state index in [0.717, 1.165) is 17.5 Å². The number of rotatable bonds is 2. The first-order valence-corrected chi connectivity index (χ1v) is 9.14. The molecular formula is C19H19ClN4O2. The molecule has 3 aromatic heterocycles. The average Bonchev–Trinajstić information content (AvgIpc) is 3.27. The van der Waals surface area contributed by atoms with Crippen molar-refractivity contribution in [2.24, 2.45) is 0 Å². The maximum absolute atomic E-state index is 6.30. The van der Waals surface area contributed by atoms with Crippen LogP contribution in [-0.2, 0) is 9.47 Å². The molecule has 0 spiro atoms. The fourth-order valence-corrected chi connectivity index (χ4v) is 4.56. The van der Waals surface area contributed by atoms with E-state index >= 15 is 0 Å². The third kappa shape index (κ3) is 2.44. The van der Waals surface area contributed by atoms with Gasteiger partial charge in [-0.1, -0.05) is 11.6 Å². The van der Waals surface area contributed by atoms with Gasteiger partial charge in [-0.3, -0.25) is 4.98 Å². The Balaban J connectivity index is 1.59. The fourth-order valence-electron chi connectivity index (χ4n) is 4.37. The summed E-state index contributed by atoms with van der Waals surface area (Å²) in [5.74, 6) is -0.362. The van der Waals surface area contributed by atoms with E-state index in [0.29, 0.717) is 5.15 Å². The number of pyridine rings is 1. The van der Waals surface area contributed by atoms with Crippen molar-refractivity contribution >= 4 is 22.6 Å². The van der Waals surface area contributed by atoms with Crippen LogP contribution in [0, 0.1) is 0 Å². The van der Waals surface area contributed by atoms with Gasteiger partial charge in [0.1, 0.15) is 23.2 Å². The van der Waals surface area contributed by atoms with Crippen LogP contribution in [0.5, 0.6) is 0 Å². The Kier molecular flexibility index (Phi) is 3.57. The summed E-state index contributed by atoms with van der Waals surface area (Å²) >= 11 is 6.23. The zero-order chi connectivity index (χ0) is 17.9. The van der Waals surface area contributed by atoms with E-state index < -0.39 is 5.79 Å². The molecule has 2 aliphatic rings. The Morgan fingerprint density at radius 2 is 1.88 bits per heavy atom. The van der Waals surface area contributed by atoms with Crippen molar-refractivity contribution < 1.29 is 9.47 Å². The van der Waals surface area contributed by atoms with Gasteiger partial charge >= 0.3 is 0 Å². The van der Waals surface area contributed by atoms with Gasteiger partial charge < -0.3 is 14.0 Å². The summed E-state index contributed by atoms with van der Waals surface area (Å²) < 4.78 is 14.8. The van der Waals surface area contributed by atoms with Gasteiger partial charge in [0.05, 0.1) is 17.5 Å². The molecule has 3 aromatic rings. The summed E-state index contributed by atoms with van der Waals surface area (Å²) in [6, 6.07) is 6.20. The Hall–Kier alpha value is -2.02. The number of halogens is 1. The van der Waals surface area contributed by atoms with E-state index in [1.54, 1.807) is 0 Å². The van der Waals surface area contributed by atoms with Gasteiger partial charge in [-0.05, 0) is 44.0 Å². The third-order valence-corrected chi connectivity index (χ3v) is 5.69. The molecule has 1 saturated carbocycles. The Morgan fingerprint density at radius 3 is 2.69 bits per heavy atom. The molecule has 1 aliphatic carbocycles. The van der Waals surface area contributed by atoms with Crippen LogP contribution in [0.3, 0.4) is 0 Å². The van der Waals surface area contributed by atoms with Crippen molar-refractivity contribution in [3.8, 4) is 0 Å². The molecule has 0 aromatic carbocycles. The minimum Gasteiger partial charge on any atom is -0.344 e. The molecule has 0 bridgehead atoms. The molecule has 26 heavy (non-hydrogen) atoms. The van der Waals surface area contributed by atoms with Gasteiger partial charge in [0, 0.05) is 24.5 Å². The van der Waals surface area contributed by atoms with Gasteiger partial charge in [-0.25, -0.2) is 9.97 Å². The average molecular weight is 371 g/mol. The molecule has 0 N–H and O–H groups in total. The normalized spacial score (nSPS) is 30.0. The van der Waals surface area contributed by atoms with Gasteiger partial charge in [0.2, 0.25) is 0 Å². The predicted molar refractivity (Wildman–Crippen MR) is 97.0 cm³/mol. The number of hydrogen-bond donors (Lipinski definition) is 0. The van der Waals surface area contributed by atoms with E-state index in [-0.39, 0.29) is 24.2 Å². The second-order valence-corrected chi connectivity index (χ2v) is 7.74. The Labute approximate surface area is 156 Å². The lowest BCUT2D eigenvalue weighted by atomic mass is 9.96. The Bertz CT molecular complexity index is 959. The van der Waals surface area contributed by atoms with Crippen LogP contribution < -0.4 is 0 Å². The van der Waals surface area contributed by atoms with Gasteiger partial charge in [-0.15, -0.1) is 0 Å². The minimum absolute atomic E-state index is 0.00726. The van der Waals surface area contributed by atoms with Crippen molar-refractivity contribution in [3.63, 3.8) is 0 Å². The van der Waals surface area contributed by atoms with Crippen molar-refractivity contribution in [3.05, 3.63) is 53.8 Å². The number of nitrogens with zero attached hydrogens (tertiary/aromatic N) is 4. The highest BCUT2D eigenvalue weighted by Gasteiger charge is 2.55. The van der Waals surface area contributed by atoms with Gasteiger partial charge in [0.15, 0.2) is 5.79 Å². The fraction of sp³-hybridized carbons (Fsp3) is 0.421. The highest BCUT2D eigenvalue weighted by Crippen LogP contribution is 2.51. The minimum atomic E-state index is -0.602. The van der Waals surface area contributed by atoms with Crippen LogP contribution in [0.25, 0.3) is 11.0 Å². The number of aromatic nitrogens is 4. The van der Waals surface area contributed by atoms with Crippen LogP contribution in [0.4, 0.5) is 0 Å². The Morgan fingerprint density at radius 1 is 1.12 bits per heavy atom. The van der Waals surface area contributed by atoms with E-state index in [4.69, 9.17) is 21.1 Å². The molecule has 134 valence electrons. The van der Waals surface area contributed by atoms with Crippen molar-refractivity contribution in [2.45, 2.75) is 50.2 Å². The number of fused-ring (bicyclic) bond motifs is 2. The molecule has 4 atom stereocenters. The highest BCUT2D eigenvalue weighted by molar-refractivity contribution is 6.33. The van der Waals surface area contributed by atoms with Crippen molar-refractivity contribution in [1.29, 1.82) is 0 Å². The summed E-state index contributed by atoms with van der Waals surface area (Å²) in [6.07, 6.45) is 8.04. The SMILES string of the molecule is CC1(C)O[C@@H]2[C@H](O1)[C@@H](c1ccncc1)C[C@H]2n1ccc2c(Cl)ncnc21. The third-order valence-electron chi connectivity index (χ3n) is 5.39. The summed E-state index contributed by atoms with van der Waals surface area (Å²) in [7, 11) is 0. The zero-order valence-corrected chi connectivity index (χ0v) is 15.3. The molecule has 7 heteroatoms. The molecule has 4 heterocycles. The largest absolute Gasteiger partial charge is 0.344 e.